The molecule has 24 heavy (non-hydrogen) atoms. The van der Waals surface area contributed by atoms with Gasteiger partial charge in [-0.3, -0.25) is 9.59 Å². The zero-order chi connectivity index (χ0) is 17.1. The molecule has 0 radical (unpaired) electrons. The molecule has 5 nitrogen and oxygen atoms in total. The second-order valence-electron chi connectivity index (χ2n) is 6.54. The highest BCUT2D eigenvalue weighted by Crippen LogP contribution is 2.17. The van der Waals surface area contributed by atoms with Crippen LogP contribution in [0.1, 0.15) is 41.6 Å². The van der Waals surface area contributed by atoms with E-state index in [2.05, 4.69) is 10.4 Å². The lowest BCUT2D eigenvalue weighted by Crippen LogP contribution is -2.30. The van der Waals surface area contributed by atoms with E-state index in [4.69, 9.17) is 0 Å². The standard InChI is InChI=1S/C19H23N3O2/c1-13-8-9-16(14(2)10-13)20-18(23)12-22-19(24)11-15-6-4-3-5-7-17(15)21-22/h8-11H,3-7,12H2,1-2H3,(H,20,23). The van der Waals surface area contributed by atoms with Crippen LogP contribution in [0, 0.1) is 13.8 Å². The van der Waals surface area contributed by atoms with Gasteiger partial charge in [-0.1, -0.05) is 24.1 Å². The number of aryl methyl sites for hydroxylation is 4. The van der Waals surface area contributed by atoms with Gasteiger partial charge in [-0.15, -0.1) is 0 Å². The summed E-state index contributed by atoms with van der Waals surface area (Å²) in [5, 5.41) is 7.30. The van der Waals surface area contributed by atoms with Crippen LogP contribution < -0.4 is 10.9 Å². The first-order valence-corrected chi connectivity index (χ1v) is 8.50. The maximum absolute atomic E-state index is 12.3. The fraction of sp³-hybridized carbons (Fsp3) is 0.421. The molecule has 2 aromatic rings. The Bertz CT molecular complexity index is 824. The first kappa shape index (κ1) is 16.4. The molecule has 0 spiro atoms. The summed E-state index contributed by atoms with van der Waals surface area (Å²) in [7, 11) is 0. The molecule has 1 heterocycles. The molecule has 0 fully saturated rings. The maximum atomic E-state index is 12.3. The largest absolute Gasteiger partial charge is 0.324 e. The lowest BCUT2D eigenvalue weighted by atomic mass is 10.1. The molecule has 3 rings (SSSR count). The third-order valence-electron chi connectivity index (χ3n) is 4.47. The molecule has 0 unspecified atom stereocenters. The topological polar surface area (TPSA) is 64.0 Å². The molecule has 1 amide bonds. The van der Waals surface area contributed by atoms with Crippen LogP contribution in [-0.4, -0.2) is 15.7 Å². The van der Waals surface area contributed by atoms with E-state index in [1.54, 1.807) is 6.07 Å². The van der Waals surface area contributed by atoms with E-state index in [9.17, 15) is 9.59 Å². The molecule has 1 aromatic carbocycles. The van der Waals surface area contributed by atoms with Gasteiger partial charge in [0, 0.05) is 11.8 Å². The molecule has 1 aromatic heterocycles. The molecule has 126 valence electrons. The van der Waals surface area contributed by atoms with E-state index in [0.29, 0.717) is 0 Å². The van der Waals surface area contributed by atoms with Crippen molar-refractivity contribution < 1.29 is 4.79 Å². The predicted molar refractivity (Wildman–Crippen MR) is 94.3 cm³/mol. The molecule has 0 bridgehead atoms. The Kier molecular flexibility index (Phi) is 4.79. The van der Waals surface area contributed by atoms with Gasteiger partial charge in [0.1, 0.15) is 6.54 Å². The number of rotatable bonds is 3. The number of benzene rings is 1. The Morgan fingerprint density at radius 3 is 2.75 bits per heavy atom. The number of carbonyl (C=O) groups excluding carboxylic acids is 1. The summed E-state index contributed by atoms with van der Waals surface area (Å²) in [6.07, 6.45) is 5.15. The fourth-order valence-electron chi connectivity index (χ4n) is 3.17. The zero-order valence-corrected chi connectivity index (χ0v) is 14.3. The van der Waals surface area contributed by atoms with Crippen molar-refractivity contribution in [1.29, 1.82) is 0 Å². The summed E-state index contributed by atoms with van der Waals surface area (Å²) in [6.45, 7) is 3.91. The van der Waals surface area contributed by atoms with Crippen molar-refractivity contribution in [3.63, 3.8) is 0 Å². The van der Waals surface area contributed by atoms with Gasteiger partial charge in [0.15, 0.2) is 0 Å². The number of nitrogens with zero attached hydrogens (tertiary/aromatic N) is 2. The second kappa shape index (κ2) is 6.99. The Morgan fingerprint density at radius 1 is 1.17 bits per heavy atom. The van der Waals surface area contributed by atoms with Crippen molar-refractivity contribution in [2.24, 2.45) is 0 Å². The van der Waals surface area contributed by atoms with Crippen molar-refractivity contribution in [1.82, 2.24) is 9.78 Å². The molecule has 0 saturated carbocycles. The van der Waals surface area contributed by atoms with Crippen molar-refractivity contribution in [2.75, 3.05) is 5.32 Å². The minimum absolute atomic E-state index is 0.0561. The van der Waals surface area contributed by atoms with Gasteiger partial charge in [0.25, 0.3) is 5.56 Å². The molecular weight excluding hydrogens is 302 g/mol. The third-order valence-corrected chi connectivity index (χ3v) is 4.47. The Hall–Kier alpha value is -2.43. The smallest absolute Gasteiger partial charge is 0.267 e. The van der Waals surface area contributed by atoms with Crippen LogP contribution in [0.2, 0.25) is 0 Å². The van der Waals surface area contributed by atoms with Gasteiger partial charge < -0.3 is 5.32 Å². The lowest BCUT2D eigenvalue weighted by Gasteiger charge is -2.11. The number of nitrogens with one attached hydrogen (secondary N) is 1. The summed E-state index contributed by atoms with van der Waals surface area (Å²) in [4.78, 5) is 24.5. The fourth-order valence-corrected chi connectivity index (χ4v) is 3.17. The Balaban J connectivity index is 1.77. The number of anilines is 1. The van der Waals surface area contributed by atoms with E-state index < -0.39 is 0 Å². The normalized spacial score (nSPS) is 13.9. The number of amides is 1. The molecule has 0 aliphatic heterocycles. The lowest BCUT2D eigenvalue weighted by molar-refractivity contribution is -0.117. The van der Waals surface area contributed by atoms with Gasteiger partial charge in [-0.25, -0.2) is 4.68 Å². The average Bonchev–Trinajstić information content (AvgIpc) is 2.75. The predicted octanol–water partition coefficient (Wildman–Crippen LogP) is 2.77. The van der Waals surface area contributed by atoms with E-state index in [0.717, 1.165) is 60.2 Å². The molecule has 5 heteroatoms. The first-order chi connectivity index (χ1) is 11.5. The van der Waals surface area contributed by atoms with E-state index >= 15 is 0 Å². The van der Waals surface area contributed by atoms with Crippen LogP contribution in [0.25, 0.3) is 0 Å². The second-order valence-corrected chi connectivity index (χ2v) is 6.54. The number of aromatic nitrogens is 2. The Labute approximate surface area is 141 Å². The summed E-state index contributed by atoms with van der Waals surface area (Å²) in [5.41, 5.74) is 4.73. The SMILES string of the molecule is Cc1ccc(NC(=O)Cn2nc3c(cc2=O)CCCCC3)c(C)c1. The summed E-state index contributed by atoms with van der Waals surface area (Å²) >= 11 is 0. The highest BCUT2D eigenvalue weighted by atomic mass is 16.2. The third kappa shape index (κ3) is 3.72. The Morgan fingerprint density at radius 2 is 1.96 bits per heavy atom. The zero-order valence-electron chi connectivity index (χ0n) is 14.3. The molecular formula is C19H23N3O2. The van der Waals surface area contributed by atoms with Gasteiger partial charge in [-0.2, -0.15) is 5.10 Å². The van der Waals surface area contributed by atoms with Gasteiger partial charge in [0.2, 0.25) is 5.91 Å². The number of carbonyl (C=O) groups is 1. The van der Waals surface area contributed by atoms with Crippen LogP contribution in [0.3, 0.4) is 0 Å². The highest BCUT2D eigenvalue weighted by Gasteiger charge is 2.14. The first-order valence-electron chi connectivity index (χ1n) is 8.50. The number of fused-ring (bicyclic) bond motifs is 1. The molecule has 0 saturated heterocycles. The van der Waals surface area contributed by atoms with E-state index in [1.807, 2.05) is 32.0 Å². The van der Waals surface area contributed by atoms with Crippen LogP contribution >= 0.6 is 0 Å². The molecule has 0 atom stereocenters. The van der Waals surface area contributed by atoms with Crippen molar-refractivity contribution in [3.8, 4) is 0 Å². The van der Waals surface area contributed by atoms with Gasteiger partial charge in [0.05, 0.1) is 5.69 Å². The summed E-state index contributed by atoms with van der Waals surface area (Å²) < 4.78 is 1.28. The van der Waals surface area contributed by atoms with Crippen LogP contribution in [0.4, 0.5) is 5.69 Å². The molecule has 1 aliphatic carbocycles. The maximum Gasteiger partial charge on any atom is 0.267 e. The van der Waals surface area contributed by atoms with E-state index in [1.165, 1.54) is 4.68 Å². The van der Waals surface area contributed by atoms with Crippen molar-refractivity contribution in [2.45, 2.75) is 52.5 Å². The monoisotopic (exact) mass is 325 g/mol. The van der Waals surface area contributed by atoms with Crippen molar-refractivity contribution >= 4 is 11.6 Å². The van der Waals surface area contributed by atoms with Gasteiger partial charge >= 0.3 is 0 Å². The average molecular weight is 325 g/mol. The van der Waals surface area contributed by atoms with Gasteiger partial charge in [-0.05, 0) is 56.7 Å². The van der Waals surface area contributed by atoms with Crippen LogP contribution in [0.15, 0.2) is 29.1 Å². The van der Waals surface area contributed by atoms with Crippen molar-refractivity contribution in [3.05, 3.63) is 57.0 Å². The van der Waals surface area contributed by atoms with E-state index in [-0.39, 0.29) is 18.0 Å². The number of hydrogen-bond acceptors (Lipinski definition) is 3. The highest BCUT2D eigenvalue weighted by molar-refractivity contribution is 5.91. The van der Waals surface area contributed by atoms with Crippen LogP contribution in [-0.2, 0) is 24.2 Å². The number of hydrogen-bond donors (Lipinski definition) is 1. The summed E-state index contributed by atoms with van der Waals surface area (Å²) in [6, 6.07) is 7.51. The summed E-state index contributed by atoms with van der Waals surface area (Å²) in [5.74, 6) is -0.231. The minimum atomic E-state index is -0.231. The molecule has 1 aliphatic rings. The molecule has 1 N–H and O–H groups in total. The quantitative estimate of drug-likeness (QED) is 0.883. The van der Waals surface area contributed by atoms with Crippen LogP contribution in [0.5, 0.6) is 0 Å². The minimum Gasteiger partial charge on any atom is -0.324 e.